The van der Waals surface area contributed by atoms with Crippen LogP contribution in [0.4, 0.5) is 5.69 Å². The van der Waals surface area contributed by atoms with Crippen LogP contribution in [-0.2, 0) is 9.59 Å². The molecule has 24 heavy (non-hydrogen) atoms. The van der Waals surface area contributed by atoms with E-state index in [1.54, 1.807) is 26.0 Å². The van der Waals surface area contributed by atoms with E-state index < -0.39 is 11.8 Å². The number of carbonyl (C=O) groups is 2. The monoisotopic (exact) mass is 347 g/mol. The molecule has 1 aromatic carbocycles. The minimum atomic E-state index is -0.732. The van der Waals surface area contributed by atoms with Gasteiger partial charge in [-0.15, -0.1) is 0 Å². The lowest BCUT2D eigenvalue weighted by Gasteiger charge is -2.18. The van der Waals surface area contributed by atoms with Crippen LogP contribution in [0.15, 0.2) is 28.8 Å². The van der Waals surface area contributed by atoms with Crippen molar-refractivity contribution < 1.29 is 14.1 Å². The molecule has 0 unspecified atom stereocenters. The van der Waals surface area contributed by atoms with E-state index in [0.29, 0.717) is 28.1 Å². The highest BCUT2D eigenvalue weighted by Crippen LogP contribution is 2.41. The van der Waals surface area contributed by atoms with Crippen molar-refractivity contribution in [1.82, 2.24) is 10.5 Å². The van der Waals surface area contributed by atoms with Gasteiger partial charge in [-0.1, -0.05) is 28.9 Å². The first-order valence-corrected chi connectivity index (χ1v) is 8.13. The summed E-state index contributed by atoms with van der Waals surface area (Å²) in [7, 11) is 0. The van der Waals surface area contributed by atoms with Gasteiger partial charge in [0, 0.05) is 5.02 Å². The van der Waals surface area contributed by atoms with Crippen LogP contribution in [0.25, 0.3) is 0 Å². The van der Waals surface area contributed by atoms with E-state index in [2.05, 4.69) is 15.8 Å². The van der Waals surface area contributed by atoms with Crippen LogP contribution in [0.2, 0.25) is 5.02 Å². The molecule has 1 aliphatic rings. The van der Waals surface area contributed by atoms with Crippen LogP contribution < -0.4 is 10.6 Å². The summed E-state index contributed by atoms with van der Waals surface area (Å²) in [4.78, 5) is 24.4. The van der Waals surface area contributed by atoms with Gasteiger partial charge in [0.15, 0.2) is 5.76 Å². The summed E-state index contributed by atoms with van der Waals surface area (Å²) in [5.74, 6) is -0.599. The Morgan fingerprint density at radius 2 is 1.88 bits per heavy atom. The highest BCUT2D eigenvalue weighted by atomic mass is 35.5. The standard InChI is InChI=1S/C17H18ClN3O3/c1-9-14(10(2)24-21-9)19-16(22)17(23)20-15(11-3-4-11)12-5-7-13(18)8-6-12/h5-8,11,15H,3-4H2,1-2H3,(H,19,22)(H,20,23)/t15-/m1/s1. The van der Waals surface area contributed by atoms with E-state index in [4.69, 9.17) is 16.1 Å². The number of hydrogen-bond donors (Lipinski definition) is 2. The third-order valence-electron chi connectivity index (χ3n) is 4.09. The second-order valence-corrected chi connectivity index (χ2v) is 6.43. The fraction of sp³-hybridized carbons (Fsp3) is 0.353. The summed E-state index contributed by atoms with van der Waals surface area (Å²) in [6.07, 6.45) is 2.05. The number of hydrogen-bond acceptors (Lipinski definition) is 4. The average molecular weight is 348 g/mol. The summed E-state index contributed by atoms with van der Waals surface area (Å²) >= 11 is 5.91. The van der Waals surface area contributed by atoms with Crippen molar-refractivity contribution in [2.45, 2.75) is 32.7 Å². The molecule has 3 rings (SSSR count). The number of benzene rings is 1. The molecular formula is C17H18ClN3O3. The zero-order valence-corrected chi connectivity index (χ0v) is 14.2. The van der Waals surface area contributed by atoms with Crippen molar-refractivity contribution in [3.05, 3.63) is 46.3 Å². The molecule has 126 valence electrons. The summed E-state index contributed by atoms with van der Waals surface area (Å²) in [5, 5.41) is 9.76. The Kier molecular flexibility index (Phi) is 4.57. The van der Waals surface area contributed by atoms with Crippen LogP contribution in [-0.4, -0.2) is 17.0 Å². The van der Waals surface area contributed by atoms with E-state index in [0.717, 1.165) is 18.4 Å². The molecule has 0 radical (unpaired) electrons. The van der Waals surface area contributed by atoms with Gasteiger partial charge in [0.1, 0.15) is 11.4 Å². The fourth-order valence-corrected chi connectivity index (χ4v) is 2.74. The van der Waals surface area contributed by atoms with Gasteiger partial charge < -0.3 is 15.2 Å². The van der Waals surface area contributed by atoms with Gasteiger partial charge in [-0.3, -0.25) is 9.59 Å². The number of amides is 2. The minimum Gasteiger partial charge on any atom is -0.359 e. The lowest BCUT2D eigenvalue weighted by Crippen LogP contribution is -2.38. The van der Waals surface area contributed by atoms with E-state index in [-0.39, 0.29) is 6.04 Å². The summed E-state index contributed by atoms with van der Waals surface area (Å²) in [6.45, 7) is 3.37. The molecule has 2 amide bonds. The molecular weight excluding hydrogens is 330 g/mol. The minimum absolute atomic E-state index is 0.190. The number of nitrogens with zero attached hydrogens (tertiary/aromatic N) is 1. The molecule has 6 nitrogen and oxygen atoms in total. The smallest absolute Gasteiger partial charge is 0.313 e. The number of rotatable bonds is 4. The lowest BCUT2D eigenvalue weighted by atomic mass is 10.0. The zero-order chi connectivity index (χ0) is 17.3. The van der Waals surface area contributed by atoms with Crippen LogP contribution in [0.1, 0.15) is 35.9 Å². The van der Waals surface area contributed by atoms with Gasteiger partial charge in [0.2, 0.25) is 0 Å². The second kappa shape index (κ2) is 6.65. The summed E-state index contributed by atoms with van der Waals surface area (Å²) in [6, 6.07) is 7.12. The largest absolute Gasteiger partial charge is 0.359 e. The SMILES string of the molecule is Cc1noc(C)c1NC(=O)C(=O)N[C@@H](c1ccc(Cl)cc1)C1CC1. The van der Waals surface area contributed by atoms with Gasteiger partial charge in [-0.25, -0.2) is 0 Å². The van der Waals surface area contributed by atoms with Crippen molar-refractivity contribution in [3.63, 3.8) is 0 Å². The molecule has 1 saturated carbocycles. The molecule has 1 heterocycles. The van der Waals surface area contributed by atoms with E-state index in [9.17, 15) is 9.59 Å². The predicted octanol–water partition coefficient (Wildman–Crippen LogP) is 3.15. The molecule has 7 heteroatoms. The maximum atomic E-state index is 12.3. The Labute approximate surface area is 144 Å². The van der Waals surface area contributed by atoms with Gasteiger partial charge in [0.05, 0.1) is 6.04 Å². The molecule has 0 saturated heterocycles. The topological polar surface area (TPSA) is 84.2 Å². The maximum absolute atomic E-state index is 12.3. The molecule has 1 aromatic heterocycles. The van der Waals surface area contributed by atoms with Crippen LogP contribution in [0, 0.1) is 19.8 Å². The number of carbonyl (C=O) groups excluding carboxylic acids is 2. The lowest BCUT2D eigenvalue weighted by molar-refractivity contribution is -0.136. The Morgan fingerprint density at radius 3 is 2.42 bits per heavy atom. The first-order valence-electron chi connectivity index (χ1n) is 7.76. The van der Waals surface area contributed by atoms with E-state index in [1.165, 1.54) is 0 Å². The number of anilines is 1. The predicted molar refractivity (Wildman–Crippen MR) is 89.7 cm³/mol. The van der Waals surface area contributed by atoms with Crippen molar-refractivity contribution in [2.75, 3.05) is 5.32 Å². The molecule has 2 N–H and O–H groups in total. The molecule has 1 aliphatic carbocycles. The van der Waals surface area contributed by atoms with Gasteiger partial charge in [-0.2, -0.15) is 0 Å². The number of aryl methyl sites for hydroxylation is 2. The Morgan fingerprint density at radius 1 is 1.21 bits per heavy atom. The summed E-state index contributed by atoms with van der Waals surface area (Å²) in [5.41, 5.74) is 1.91. The number of halogens is 1. The van der Waals surface area contributed by atoms with E-state index in [1.807, 2.05) is 12.1 Å². The molecule has 1 atom stereocenters. The van der Waals surface area contributed by atoms with Crippen LogP contribution >= 0.6 is 11.6 Å². The normalized spacial score (nSPS) is 15.0. The molecule has 0 aliphatic heterocycles. The average Bonchev–Trinajstić information content (AvgIpc) is 3.35. The third-order valence-corrected chi connectivity index (χ3v) is 4.34. The van der Waals surface area contributed by atoms with Crippen LogP contribution in [0.5, 0.6) is 0 Å². The fourth-order valence-electron chi connectivity index (χ4n) is 2.61. The highest BCUT2D eigenvalue weighted by Gasteiger charge is 2.34. The maximum Gasteiger partial charge on any atom is 0.313 e. The zero-order valence-electron chi connectivity index (χ0n) is 13.4. The van der Waals surface area contributed by atoms with Gasteiger partial charge >= 0.3 is 11.8 Å². The van der Waals surface area contributed by atoms with Gasteiger partial charge in [0.25, 0.3) is 0 Å². The first kappa shape index (κ1) is 16.5. The number of nitrogens with one attached hydrogen (secondary N) is 2. The van der Waals surface area contributed by atoms with Crippen molar-refractivity contribution in [3.8, 4) is 0 Å². The Hall–Kier alpha value is -2.34. The quantitative estimate of drug-likeness (QED) is 0.832. The molecule has 0 bridgehead atoms. The van der Waals surface area contributed by atoms with Crippen LogP contribution in [0.3, 0.4) is 0 Å². The Balaban J connectivity index is 1.69. The van der Waals surface area contributed by atoms with Crippen molar-refractivity contribution in [2.24, 2.45) is 5.92 Å². The molecule has 0 spiro atoms. The second-order valence-electron chi connectivity index (χ2n) is 5.99. The highest BCUT2D eigenvalue weighted by molar-refractivity contribution is 6.39. The van der Waals surface area contributed by atoms with E-state index >= 15 is 0 Å². The molecule has 2 aromatic rings. The van der Waals surface area contributed by atoms with Gasteiger partial charge in [-0.05, 0) is 50.3 Å². The third kappa shape index (κ3) is 3.59. The first-order chi connectivity index (χ1) is 11.5. The summed E-state index contributed by atoms with van der Waals surface area (Å²) < 4.78 is 4.98. The van der Waals surface area contributed by atoms with Crippen molar-refractivity contribution in [1.29, 1.82) is 0 Å². The molecule has 1 fully saturated rings. The number of aromatic nitrogens is 1. The Bertz CT molecular complexity index is 746. The van der Waals surface area contributed by atoms with Crippen molar-refractivity contribution >= 4 is 29.1 Å².